The number of fused-ring (bicyclic) bond motifs is 2. The number of nitrogens with one attached hydrogen (secondary N) is 1. The van der Waals surface area contributed by atoms with Gasteiger partial charge in [0, 0.05) is 9.69 Å². The summed E-state index contributed by atoms with van der Waals surface area (Å²) in [6.07, 6.45) is 1.10. The topological polar surface area (TPSA) is 70.2 Å². The predicted octanol–water partition coefficient (Wildman–Crippen LogP) is 1.94. The van der Waals surface area contributed by atoms with Crippen molar-refractivity contribution in [2.45, 2.75) is 13.1 Å². The zero-order valence-corrected chi connectivity index (χ0v) is 15.1. The molecule has 1 aromatic heterocycles. The van der Waals surface area contributed by atoms with E-state index in [1.54, 1.807) is 17.3 Å². The maximum atomic E-state index is 12.7. The molecule has 0 radical (unpaired) electrons. The number of benzene rings is 1. The van der Waals surface area contributed by atoms with Crippen molar-refractivity contribution in [3.8, 4) is 0 Å². The van der Waals surface area contributed by atoms with Gasteiger partial charge in [-0.15, -0.1) is 5.10 Å². The van der Waals surface area contributed by atoms with Crippen LogP contribution >= 0.6 is 27.7 Å². The molecule has 0 spiro atoms. The number of carbonyl (C=O) groups excluding carboxylic acids is 1. The molecule has 8 heteroatoms. The summed E-state index contributed by atoms with van der Waals surface area (Å²) in [5.41, 5.74) is 0.475. The van der Waals surface area contributed by atoms with Crippen LogP contribution in [-0.2, 0) is 4.79 Å². The molecule has 1 amide bonds. The number of hydrazone groups is 1. The fraction of sp³-hybridized carbons (Fsp3) is 0.188. The van der Waals surface area contributed by atoms with Crippen LogP contribution in [0.3, 0.4) is 0 Å². The van der Waals surface area contributed by atoms with E-state index in [-0.39, 0.29) is 5.91 Å². The van der Waals surface area contributed by atoms with Crippen LogP contribution in [0, 0.1) is 0 Å². The van der Waals surface area contributed by atoms with Crippen LogP contribution in [0.15, 0.2) is 55.6 Å². The standard InChI is InChI=1S/C16H13BrN4O2S/c1-2-24-16-19-15(22)13-10-8-9(17)5-6-11(10)18-14(21(13)20-16)12-4-3-7-23-12/h3-8,14H,2H2,1H3,(H,19,20,22). The molecule has 1 unspecified atom stereocenters. The van der Waals surface area contributed by atoms with E-state index in [1.165, 1.54) is 11.8 Å². The average Bonchev–Trinajstić information content (AvgIpc) is 3.08. The summed E-state index contributed by atoms with van der Waals surface area (Å²) in [6, 6.07) is 9.31. The first-order valence-corrected chi connectivity index (χ1v) is 9.18. The highest BCUT2D eigenvalue weighted by Crippen LogP contribution is 2.30. The number of hydrogen-bond donors (Lipinski definition) is 1. The van der Waals surface area contributed by atoms with E-state index in [0.717, 1.165) is 20.8 Å². The summed E-state index contributed by atoms with van der Waals surface area (Å²) in [5, 5.41) is 11.1. The zero-order chi connectivity index (χ0) is 16.7. The molecule has 122 valence electrons. The van der Waals surface area contributed by atoms with E-state index in [2.05, 4.69) is 26.3 Å². The van der Waals surface area contributed by atoms with Crippen molar-refractivity contribution < 1.29 is 9.21 Å². The van der Waals surface area contributed by atoms with Gasteiger partial charge in [0.2, 0.25) is 6.17 Å². The molecule has 4 rings (SSSR count). The lowest BCUT2D eigenvalue weighted by atomic mass is 10.1. The van der Waals surface area contributed by atoms with Gasteiger partial charge in [-0.3, -0.25) is 10.1 Å². The molecule has 2 aliphatic heterocycles. The van der Waals surface area contributed by atoms with Crippen molar-refractivity contribution in [1.29, 1.82) is 0 Å². The molecule has 0 saturated carbocycles. The van der Waals surface area contributed by atoms with Gasteiger partial charge in [-0.2, -0.15) is 0 Å². The number of carbonyl (C=O) groups is 1. The number of rotatable bonds is 2. The normalized spacial score (nSPS) is 19.2. The van der Waals surface area contributed by atoms with Gasteiger partial charge in [-0.05, 0) is 36.1 Å². The monoisotopic (exact) mass is 404 g/mol. The highest BCUT2D eigenvalue weighted by molar-refractivity contribution is 9.10. The second-order valence-electron chi connectivity index (χ2n) is 5.17. The van der Waals surface area contributed by atoms with Crippen molar-refractivity contribution in [3.63, 3.8) is 0 Å². The van der Waals surface area contributed by atoms with E-state index >= 15 is 0 Å². The van der Waals surface area contributed by atoms with Crippen LogP contribution < -0.4 is 15.9 Å². The number of nitrogens with zero attached hydrogens (tertiary/aromatic N) is 3. The number of hydrogen-bond acceptors (Lipinski definition) is 6. The SMILES string of the molecule is CCSC1=NN2C(=c3cc(Br)ccc3=NC2c2ccco2)C(=O)N1. The third kappa shape index (κ3) is 2.55. The Morgan fingerprint density at radius 2 is 2.29 bits per heavy atom. The Balaban J connectivity index is 1.98. The number of amides is 1. The van der Waals surface area contributed by atoms with Crippen molar-refractivity contribution in [1.82, 2.24) is 10.3 Å². The van der Waals surface area contributed by atoms with E-state index in [9.17, 15) is 4.79 Å². The smallest absolute Gasteiger partial charge is 0.276 e. The largest absolute Gasteiger partial charge is 0.465 e. The van der Waals surface area contributed by atoms with Crippen LogP contribution in [-0.4, -0.2) is 21.8 Å². The van der Waals surface area contributed by atoms with E-state index in [1.807, 2.05) is 31.2 Å². The van der Waals surface area contributed by atoms with Gasteiger partial charge >= 0.3 is 0 Å². The Morgan fingerprint density at radius 1 is 1.42 bits per heavy atom. The van der Waals surface area contributed by atoms with Gasteiger partial charge in [0.25, 0.3) is 5.91 Å². The molecule has 0 bridgehead atoms. The predicted molar refractivity (Wildman–Crippen MR) is 95.3 cm³/mol. The number of furan rings is 1. The second-order valence-corrected chi connectivity index (χ2v) is 7.33. The molecule has 0 fully saturated rings. The molecule has 24 heavy (non-hydrogen) atoms. The minimum absolute atomic E-state index is 0.188. The lowest BCUT2D eigenvalue weighted by Crippen LogP contribution is -2.50. The quantitative estimate of drug-likeness (QED) is 0.829. The highest BCUT2D eigenvalue weighted by Gasteiger charge is 2.35. The lowest BCUT2D eigenvalue weighted by Gasteiger charge is -2.32. The van der Waals surface area contributed by atoms with Gasteiger partial charge in [-0.25, -0.2) is 10.0 Å². The van der Waals surface area contributed by atoms with E-state index < -0.39 is 6.17 Å². The summed E-state index contributed by atoms with van der Waals surface area (Å²) in [7, 11) is 0. The third-order valence-corrected chi connectivity index (χ3v) is 4.89. The number of thioether (sulfide) groups is 1. The molecule has 6 nitrogen and oxygen atoms in total. The zero-order valence-electron chi connectivity index (χ0n) is 12.7. The Kier molecular flexibility index (Phi) is 3.93. The Morgan fingerprint density at radius 3 is 3.04 bits per heavy atom. The summed E-state index contributed by atoms with van der Waals surface area (Å²) in [5.74, 6) is 1.26. The van der Waals surface area contributed by atoms with Gasteiger partial charge < -0.3 is 4.42 Å². The fourth-order valence-corrected chi connectivity index (χ4v) is 3.62. The van der Waals surface area contributed by atoms with Gasteiger partial charge in [-0.1, -0.05) is 34.6 Å². The first-order chi connectivity index (χ1) is 11.7. The highest BCUT2D eigenvalue weighted by atomic mass is 79.9. The molecule has 0 saturated heterocycles. The van der Waals surface area contributed by atoms with Crippen molar-refractivity contribution in [2.24, 2.45) is 10.1 Å². The lowest BCUT2D eigenvalue weighted by molar-refractivity contribution is -0.116. The Labute approximate surface area is 150 Å². The minimum atomic E-state index is -0.498. The van der Waals surface area contributed by atoms with E-state index in [0.29, 0.717) is 16.6 Å². The van der Waals surface area contributed by atoms with Crippen molar-refractivity contribution in [2.75, 3.05) is 5.75 Å². The molecule has 1 aromatic carbocycles. The third-order valence-electron chi connectivity index (χ3n) is 3.65. The fourth-order valence-electron chi connectivity index (χ4n) is 2.68. The van der Waals surface area contributed by atoms with E-state index in [4.69, 9.17) is 9.41 Å². The number of halogens is 1. The summed E-state index contributed by atoms with van der Waals surface area (Å²) >= 11 is 4.93. The Bertz CT molecular complexity index is 955. The molecular weight excluding hydrogens is 392 g/mol. The van der Waals surface area contributed by atoms with Crippen LogP contribution in [0.4, 0.5) is 0 Å². The maximum absolute atomic E-state index is 12.7. The minimum Gasteiger partial charge on any atom is -0.465 e. The first-order valence-electron chi connectivity index (χ1n) is 7.40. The second kappa shape index (κ2) is 6.10. The van der Waals surface area contributed by atoms with Crippen molar-refractivity contribution in [3.05, 3.63) is 57.4 Å². The van der Waals surface area contributed by atoms with Crippen LogP contribution in [0.1, 0.15) is 18.8 Å². The maximum Gasteiger partial charge on any atom is 0.276 e. The molecule has 0 aliphatic carbocycles. The van der Waals surface area contributed by atoms with Crippen molar-refractivity contribution >= 4 is 44.5 Å². The van der Waals surface area contributed by atoms with Crippen LogP contribution in [0.5, 0.6) is 0 Å². The van der Waals surface area contributed by atoms with Gasteiger partial charge in [0.05, 0.1) is 11.6 Å². The molecule has 3 heterocycles. The molecule has 2 aromatic rings. The summed E-state index contributed by atoms with van der Waals surface area (Å²) in [6.45, 7) is 2.01. The van der Waals surface area contributed by atoms with Crippen LogP contribution in [0.2, 0.25) is 0 Å². The van der Waals surface area contributed by atoms with Gasteiger partial charge in [0.15, 0.2) is 5.17 Å². The summed E-state index contributed by atoms with van der Waals surface area (Å²) < 4.78 is 6.41. The Hall–Kier alpha value is -2.06. The molecular formula is C16H13BrN4O2S. The molecule has 1 N–H and O–H groups in total. The number of amidine groups is 1. The molecule has 2 aliphatic rings. The van der Waals surface area contributed by atoms with Crippen LogP contribution in [0.25, 0.3) is 5.70 Å². The average molecular weight is 405 g/mol. The first kappa shape index (κ1) is 15.5. The molecule has 1 atom stereocenters. The summed E-state index contributed by atoms with van der Waals surface area (Å²) in [4.78, 5) is 17.5. The van der Waals surface area contributed by atoms with Gasteiger partial charge in [0.1, 0.15) is 11.5 Å².